The van der Waals surface area contributed by atoms with Crippen LogP contribution in [0.4, 0.5) is 0 Å². The molecule has 1 aliphatic rings. The highest BCUT2D eigenvalue weighted by Gasteiger charge is 2.33. The van der Waals surface area contributed by atoms with E-state index in [0.29, 0.717) is 6.61 Å². The van der Waals surface area contributed by atoms with E-state index in [1.165, 1.54) is 5.56 Å². The van der Waals surface area contributed by atoms with Gasteiger partial charge in [-0.05, 0) is 31.0 Å². The number of benzene rings is 1. The fraction of sp³-hybridized carbons (Fsp3) is 0.571. The highest BCUT2D eigenvalue weighted by Crippen LogP contribution is 2.38. The zero-order chi connectivity index (χ0) is 11.8. The van der Waals surface area contributed by atoms with Crippen molar-refractivity contribution in [3.8, 4) is 11.5 Å². The van der Waals surface area contributed by atoms with Gasteiger partial charge in [0.05, 0.1) is 0 Å². The molecule has 1 aromatic rings. The lowest BCUT2D eigenvalue weighted by atomic mass is 9.84. The highest BCUT2D eigenvalue weighted by atomic mass is 16.6. The van der Waals surface area contributed by atoms with Gasteiger partial charge >= 0.3 is 0 Å². The molecule has 0 fully saturated rings. The lowest BCUT2D eigenvalue weighted by Gasteiger charge is -2.37. The van der Waals surface area contributed by atoms with Crippen molar-refractivity contribution in [2.45, 2.75) is 40.2 Å². The van der Waals surface area contributed by atoms with Gasteiger partial charge in [0.25, 0.3) is 0 Å². The summed E-state index contributed by atoms with van der Waals surface area (Å²) in [5.74, 6) is 1.76. The average Bonchev–Trinajstić information content (AvgIpc) is 2.28. The summed E-state index contributed by atoms with van der Waals surface area (Å²) < 4.78 is 11.8. The molecule has 0 bridgehead atoms. The summed E-state index contributed by atoms with van der Waals surface area (Å²) in [6.07, 6.45) is 1.23. The Morgan fingerprint density at radius 2 is 2.06 bits per heavy atom. The van der Waals surface area contributed by atoms with E-state index in [9.17, 15) is 0 Å². The number of hydrogen-bond acceptors (Lipinski definition) is 2. The van der Waals surface area contributed by atoms with Crippen LogP contribution in [0.5, 0.6) is 11.5 Å². The van der Waals surface area contributed by atoms with Gasteiger partial charge in [0.2, 0.25) is 0 Å². The Bertz CT molecular complexity index is 382. The topological polar surface area (TPSA) is 18.5 Å². The maximum absolute atomic E-state index is 6.04. The molecule has 1 unspecified atom stereocenters. The molecule has 0 spiro atoms. The van der Waals surface area contributed by atoms with Gasteiger partial charge in [-0.1, -0.05) is 26.8 Å². The zero-order valence-corrected chi connectivity index (χ0v) is 10.5. The molecule has 0 N–H and O–H groups in total. The summed E-state index contributed by atoms with van der Waals surface area (Å²) in [7, 11) is 0. The van der Waals surface area contributed by atoms with Crippen molar-refractivity contribution in [1.82, 2.24) is 0 Å². The van der Waals surface area contributed by atoms with E-state index in [0.717, 1.165) is 17.9 Å². The molecular formula is C14H20O2. The molecule has 0 amide bonds. The predicted octanol–water partition coefficient (Wildman–Crippen LogP) is 3.57. The van der Waals surface area contributed by atoms with Gasteiger partial charge in [-0.25, -0.2) is 0 Å². The molecule has 1 heterocycles. The monoisotopic (exact) mass is 220 g/mol. The third-order valence-corrected chi connectivity index (χ3v) is 3.54. The molecule has 1 aromatic carbocycles. The maximum atomic E-state index is 6.04. The Labute approximate surface area is 97.6 Å². The molecule has 0 radical (unpaired) electrons. The Morgan fingerprint density at radius 1 is 1.31 bits per heavy atom. The lowest BCUT2D eigenvalue weighted by molar-refractivity contribution is 0.00533. The summed E-state index contributed by atoms with van der Waals surface area (Å²) in [4.78, 5) is 0. The van der Waals surface area contributed by atoms with E-state index in [1.807, 2.05) is 18.2 Å². The van der Waals surface area contributed by atoms with Crippen LogP contribution < -0.4 is 9.47 Å². The lowest BCUT2D eigenvalue weighted by Crippen LogP contribution is -2.41. The minimum atomic E-state index is 0.145. The van der Waals surface area contributed by atoms with Gasteiger partial charge < -0.3 is 9.47 Å². The largest absolute Gasteiger partial charge is 0.486 e. The van der Waals surface area contributed by atoms with Crippen molar-refractivity contribution in [2.75, 3.05) is 6.61 Å². The first-order valence-corrected chi connectivity index (χ1v) is 5.93. The first-order chi connectivity index (χ1) is 7.53. The molecule has 0 aromatic heterocycles. The molecule has 2 rings (SSSR count). The van der Waals surface area contributed by atoms with Crippen LogP contribution in [0.3, 0.4) is 0 Å². The summed E-state index contributed by atoms with van der Waals surface area (Å²) in [6.45, 7) is 9.36. The van der Waals surface area contributed by atoms with Crippen molar-refractivity contribution in [3.05, 3.63) is 23.8 Å². The number of hydrogen-bond donors (Lipinski definition) is 0. The Morgan fingerprint density at radius 3 is 2.75 bits per heavy atom. The molecule has 2 heteroatoms. The summed E-state index contributed by atoms with van der Waals surface area (Å²) in [6, 6.07) is 6.08. The average molecular weight is 220 g/mol. The van der Waals surface area contributed by atoms with Crippen molar-refractivity contribution < 1.29 is 9.47 Å². The first-order valence-electron chi connectivity index (χ1n) is 5.93. The Kier molecular flexibility index (Phi) is 2.83. The third-order valence-electron chi connectivity index (χ3n) is 3.54. The quantitative estimate of drug-likeness (QED) is 0.758. The number of rotatable bonds is 2. The minimum Gasteiger partial charge on any atom is -0.486 e. The van der Waals surface area contributed by atoms with Crippen LogP contribution in [0.2, 0.25) is 0 Å². The molecule has 1 atom stereocenters. The molecule has 0 aliphatic carbocycles. The van der Waals surface area contributed by atoms with Crippen molar-refractivity contribution in [3.63, 3.8) is 0 Å². The predicted molar refractivity (Wildman–Crippen MR) is 65.2 cm³/mol. The van der Waals surface area contributed by atoms with Gasteiger partial charge in [-0.3, -0.25) is 0 Å². The van der Waals surface area contributed by atoms with E-state index in [-0.39, 0.29) is 11.5 Å². The summed E-state index contributed by atoms with van der Waals surface area (Å²) in [5, 5.41) is 0. The Hall–Kier alpha value is -1.18. The number of fused-ring (bicyclic) bond motifs is 1. The standard InChI is InChI=1S/C14H20O2/c1-5-14(3,4)13-9-15-11-7-6-10(2)8-12(11)16-13/h6-8,13H,5,9H2,1-4H3. The van der Waals surface area contributed by atoms with Crippen LogP contribution in [0, 0.1) is 12.3 Å². The van der Waals surface area contributed by atoms with Gasteiger partial charge in [0.15, 0.2) is 11.5 Å². The van der Waals surface area contributed by atoms with Crippen molar-refractivity contribution in [1.29, 1.82) is 0 Å². The van der Waals surface area contributed by atoms with Gasteiger partial charge in [-0.15, -0.1) is 0 Å². The molecule has 88 valence electrons. The first kappa shape index (κ1) is 11.3. The van der Waals surface area contributed by atoms with Crippen LogP contribution in [-0.4, -0.2) is 12.7 Å². The second kappa shape index (κ2) is 4.00. The number of ether oxygens (including phenoxy) is 2. The van der Waals surface area contributed by atoms with Crippen LogP contribution in [-0.2, 0) is 0 Å². The van der Waals surface area contributed by atoms with Gasteiger partial charge in [-0.2, -0.15) is 0 Å². The molecule has 16 heavy (non-hydrogen) atoms. The van der Waals surface area contributed by atoms with E-state index < -0.39 is 0 Å². The second-order valence-electron chi connectivity index (χ2n) is 5.21. The van der Waals surface area contributed by atoms with E-state index in [4.69, 9.17) is 9.47 Å². The van der Waals surface area contributed by atoms with Crippen molar-refractivity contribution in [2.24, 2.45) is 5.41 Å². The fourth-order valence-corrected chi connectivity index (χ4v) is 1.79. The molecule has 0 saturated heterocycles. The summed E-state index contributed by atoms with van der Waals surface area (Å²) >= 11 is 0. The second-order valence-corrected chi connectivity index (χ2v) is 5.21. The van der Waals surface area contributed by atoms with Crippen LogP contribution >= 0.6 is 0 Å². The van der Waals surface area contributed by atoms with Gasteiger partial charge in [0, 0.05) is 5.41 Å². The molecule has 0 saturated carbocycles. The molecule has 2 nitrogen and oxygen atoms in total. The number of aryl methyl sites for hydroxylation is 1. The molecule has 1 aliphatic heterocycles. The smallest absolute Gasteiger partial charge is 0.162 e. The van der Waals surface area contributed by atoms with Crippen LogP contribution in [0.25, 0.3) is 0 Å². The van der Waals surface area contributed by atoms with E-state index >= 15 is 0 Å². The summed E-state index contributed by atoms with van der Waals surface area (Å²) in [5.41, 5.74) is 1.36. The maximum Gasteiger partial charge on any atom is 0.162 e. The SMILES string of the molecule is CCC(C)(C)C1COc2ccc(C)cc2O1. The van der Waals surface area contributed by atoms with Crippen LogP contribution in [0.15, 0.2) is 18.2 Å². The molecular weight excluding hydrogens is 200 g/mol. The fourth-order valence-electron chi connectivity index (χ4n) is 1.79. The third kappa shape index (κ3) is 2.01. The van der Waals surface area contributed by atoms with Crippen LogP contribution in [0.1, 0.15) is 32.8 Å². The van der Waals surface area contributed by atoms with E-state index in [1.54, 1.807) is 0 Å². The highest BCUT2D eigenvalue weighted by molar-refractivity contribution is 5.43. The van der Waals surface area contributed by atoms with Gasteiger partial charge in [0.1, 0.15) is 12.7 Å². The zero-order valence-electron chi connectivity index (χ0n) is 10.5. The Balaban J connectivity index is 2.23. The van der Waals surface area contributed by atoms with E-state index in [2.05, 4.69) is 27.7 Å². The normalized spacial score (nSPS) is 19.6. The van der Waals surface area contributed by atoms with Crippen molar-refractivity contribution >= 4 is 0 Å². The minimum absolute atomic E-state index is 0.145.